The van der Waals surface area contributed by atoms with Crippen molar-refractivity contribution in [1.82, 2.24) is 14.3 Å². The van der Waals surface area contributed by atoms with Crippen molar-refractivity contribution in [2.75, 3.05) is 5.32 Å². The highest BCUT2D eigenvalue weighted by Gasteiger charge is 2.22. The fourth-order valence-electron chi connectivity index (χ4n) is 1.30. The third-order valence-electron chi connectivity index (χ3n) is 2.27. The molecule has 1 N–H and O–H groups in total. The van der Waals surface area contributed by atoms with E-state index in [4.69, 9.17) is 0 Å². The maximum Gasteiger partial charge on any atom is 0.203 e. The number of hydrogen-bond acceptors (Lipinski definition) is 5. The van der Waals surface area contributed by atoms with E-state index in [-0.39, 0.29) is 0 Å². The number of aromatic nitrogens is 3. The Morgan fingerprint density at radius 3 is 2.80 bits per heavy atom. The Morgan fingerprint density at radius 1 is 1.27 bits per heavy atom. The fraction of sp³-hybridized carbons (Fsp3) is 0.300. The summed E-state index contributed by atoms with van der Waals surface area (Å²) in [6.45, 7) is 0. The van der Waals surface area contributed by atoms with Crippen molar-refractivity contribution in [3.63, 3.8) is 0 Å². The Morgan fingerprint density at radius 2 is 2.07 bits per heavy atom. The van der Waals surface area contributed by atoms with Gasteiger partial charge in [-0.05, 0) is 25.0 Å². The molecule has 1 fully saturated rings. The van der Waals surface area contributed by atoms with Crippen molar-refractivity contribution >= 4 is 16.7 Å². The molecule has 0 amide bonds. The molecule has 4 nitrogen and oxygen atoms in total. The first-order valence-corrected chi connectivity index (χ1v) is 5.70. The van der Waals surface area contributed by atoms with Gasteiger partial charge in [-0.15, -0.1) is 0 Å². The van der Waals surface area contributed by atoms with E-state index in [0.717, 1.165) is 16.5 Å². The van der Waals surface area contributed by atoms with Gasteiger partial charge in [0.2, 0.25) is 5.13 Å². The van der Waals surface area contributed by atoms with Gasteiger partial charge in [-0.3, -0.25) is 4.98 Å². The lowest BCUT2D eigenvalue weighted by Crippen LogP contribution is -1.99. The van der Waals surface area contributed by atoms with Crippen LogP contribution in [-0.2, 0) is 0 Å². The summed E-state index contributed by atoms with van der Waals surface area (Å²) in [5.41, 5.74) is 1.02. The third kappa shape index (κ3) is 1.97. The Balaban J connectivity index is 1.83. The lowest BCUT2D eigenvalue weighted by molar-refractivity contribution is 1.14. The maximum absolute atomic E-state index is 4.43. The van der Waals surface area contributed by atoms with E-state index in [9.17, 15) is 0 Å². The summed E-state index contributed by atoms with van der Waals surface area (Å²) in [6, 6.07) is 4.47. The molecule has 0 aliphatic heterocycles. The number of hydrogen-bond donors (Lipinski definition) is 1. The van der Waals surface area contributed by atoms with Crippen LogP contribution in [0.3, 0.4) is 0 Å². The van der Waals surface area contributed by atoms with E-state index in [1.54, 1.807) is 12.4 Å². The van der Waals surface area contributed by atoms with E-state index >= 15 is 0 Å². The van der Waals surface area contributed by atoms with Gasteiger partial charge in [0.25, 0.3) is 0 Å². The molecule has 76 valence electrons. The van der Waals surface area contributed by atoms with Gasteiger partial charge in [-0.1, -0.05) is 0 Å². The molecule has 0 radical (unpaired) electrons. The molecule has 0 spiro atoms. The largest absolute Gasteiger partial charge is 0.358 e. The van der Waals surface area contributed by atoms with Crippen LogP contribution in [0.5, 0.6) is 0 Å². The zero-order valence-electron chi connectivity index (χ0n) is 8.05. The lowest BCUT2D eigenvalue weighted by atomic mass is 10.3. The van der Waals surface area contributed by atoms with E-state index in [0.29, 0.717) is 6.04 Å². The average molecular weight is 218 g/mol. The fourth-order valence-corrected chi connectivity index (χ4v) is 1.97. The van der Waals surface area contributed by atoms with Gasteiger partial charge in [0.1, 0.15) is 0 Å². The highest BCUT2D eigenvalue weighted by Crippen LogP contribution is 2.27. The topological polar surface area (TPSA) is 50.7 Å². The zero-order chi connectivity index (χ0) is 10.1. The van der Waals surface area contributed by atoms with Crippen molar-refractivity contribution in [3.05, 3.63) is 24.5 Å². The second kappa shape index (κ2) is 3.58. The lowest BCUT2D eigenvalue weighted by Gasteiger charge is -1.95. The van der Waals surface area contributed by atoms with E-state index in [1.807, 2.05) is 12.1 Å². The number of anilines is 1. The molecule has 0 saturated heterocycles. The molecule has 5 heteroatoms. The van der Waals surface area contributed by atoms with E-state index < -0.39 is 0 Å². The normalized spacial score (nSPS) is 15.2. The van der Waals surface area contributed by atoms with Gasteiger partial charge in [-0.25, -0.2) is 0 Å². The SMILES string of the molecule is c1cc(-c2nsc(NC3CC3)n2)ccn1. The third-order valence-corrected chi connectivity index (χ3v) is 2.92. The highest BCUT2D eigenvalue weighted by atomic mass is 32.1. The summed E-state index contributed by atoms with van der Waals surface area (Å²) in [7, 11) is 0. The van der Waals surface area contributed by atoms with Crippen molar-refractivity contribution in [2.24, 2.45) is 0 Å². The van der Waals surface area contributed by atoms with Gasteiger partial charge in [-0.2, -0.15) is 9.36 Å². The summed E-state index contributed by atoms with van der Waals surface area (Å²) in [6.07, 6.45) is 6.02. The van der Waals surface area contributed by atoms with Crippen LogP contribution in [0.1, 0.15) is 12.8 Å². The van der Waals surface area contributed by atoms with Crippen LogP contribution in [0.4, 0.5) is 5.13 Å². The Hall–Kier alpha value is -1.49. The Kier molecular flexibility index (Phi) is 2.10. The first-order valence-electron chi connectivity index (χ1n) is 4.92. The molecular formula is C10H10N4S. The van der Waals surface area contributed by atoms with Crippen LogP contribution in [0.2, 0.25) is 0 Å². The number of nitrogens with one attached hydrogen (secondary N) is 1. The predicted octanol–water partition coefficient (Wildman–Crippen LogP) is 2.17. The summed E-state index contributed by atoms with van der Waals surface area (Å²) >= 11 is 1.42. The minimum atomic E-state index is 0.628. The van der Waals surface area contributed by atoms with Crippen LogP contribution in [0.15, 0.2) is 24.5 Å². The van der Waals surface area contributed by atoms with Crippen molar-refractivity contribution in [1.29, 1.82) is 0 Å². The van der Waals surface area contributed by atoms with Gasteiger partial charge in [0.05, 0.1) is 0 Å². The Bertz CT molecular complexity index is 449. The number of rotatable bonds is 3. The van der Waals surface area contributed by atoms with Crippen LogP contribution in [-0.4, -0.2) is 20.4 Å². The van der Waals surface area contributed by atoms with Gasteiger partial charge in [0.15, 0.2) is 5.82 Å². The van der Waals surface area contributed by atoms with Crippen molar-refractivity contribution in [2.45, 2.75) is 18.9 Å². The standard InChI is InChI=1S/C10H10N4S/c1-2-8(1)12-10-13-9(14-15-10)7-3-5-11-6-4-7/h3-6,8H,1-2H2,(H,12,13,14). The molecule has 2 aromatic heterocycles. The number of nitrogens with zero attached hydrogens (tertiary/aromatic N) is 3. The smallest absolute Gasteiger partial charge is 0.203 e. The molecule has 3 rings (SSSR count). The minimum Gasteiger partial charge on any atom is -0.358 e. The van der Waals surface area contributed by atoms with Crippen LogP contribution >= 0.6 is 11.5 Å². The summed E-state index contributed by atoms with van der Waals surface area (Å²) in [4.78, 5) is 8.40. The molecule has 0 bridgehead atoms. The molecule has 15 heavy (non-hydrogen) atoms. The number of pyridine rings is 1. The summed E-state index contributed by atoms with van der Waals surface area (Å²) in [5, 5.41) is 4.26. The minimum absolute atomic E-state index is 0.628. The molecule has 2 aromatic rings. The van der Waals surface area contributed by atoms with Gasteiger partial charge < -0.3 is 5.32 Å². The molecule has 0 atom stereocenters. The maximum atomic E-state index is 4.43. The average Bonchev–Trinajstić information content (AvgIpc) is 2.96. The molecule has 0 unspecified atom stereocenters. The second-order valence-electron chi connectivity index (χ2n) is 3.58. The van der Waals surface area contributed by atoms with Gasteiger partial charge in [0, 0.05) is 35.5 Å². The van der Waals surface area contributed by atoms with E-state index in [2.05, 4.69) is 19.7 Å². The molecular weight excluding hydrogens is 208 g/mol. The summed E-state index contributed by atoms with van der Waals surface area (Å²) < 4.78 is 4.31. The highest BCUT2D eigenvalue weighted by molar-refractivity contribution is 7.09. The monoisotopic (exact) mass is 218 g/mol. The molecule has 1 saturated carbocycles. The first kappa shape index (κ1) is 8.79. The first-order chi connectivity index (χ1) is 7.42. The van der Waals surface area contributed by atoms with Crippen molar-refractivity contribution in [3.8, 4) is 11.4 Å². The second-order valence-corrected chi connectivity index (χ2v) is 4.33. The molecule has 2 heterocycles. The molecule has 1 aliphatic rings. The Labute approximate surface area is 91.6 Å². The van der Waals surface area contributed by atoms with Crippen LogP contribution in [0, 0.1) is 0 Å². The molecule has 0 aromatic carbocycles. The van der Waals surface area contributed by atoms with E-state index in [1.165, 1.54) is 24.4 Å². The summed E-state index contributed by atoms with van der Waals surface area (Å²) in [5.74, 6) is 0.783. The predicted molar refractivity (Wildman–Crippen MR) is 59.8 cm³/mol. The van der Waals surface area contributed by atoms with Crippen molar-refractivity contribution < 1.29 is 0 Å². The quantitative estimate of drug-likeness (QED) is 0.857. The van der Waals surface area contributed by atoms with Crippen LogP contribution in [0.25, 0.3) is 11.4 Å². The van der Waals surface area contributed by atoms with Crippen LogP contribution < -0.4 is 5.32 Å². The zero-order valence-corrected chi connectivity index (χ0v) is 8.87. The molecule has 1 aliphatic carbocycles. The van der Waals surface area contributed by atoms with Gasteiger partial charge >= 0.3 is 0 Å².